The van der Waals surface area contributed by atoms with Gasteiger partial charge in [-0.05, 0) is 43.9 Å². The first-order valence-electron chi connectivity index (χ1n) is 8.13. The number of nitrogens with two attached hydrogens (primary N) is 1. The zero-order chi connectivity index (χ0) is 14.7. The third kappa shape index (κ3) is 3.35. The zero-order valence-electron chi connectivity index (χ0n) is 12.9. The Labute approximate surface area is 127 Å². The number of aromatic nitrogens is 1. The normalized spacial score (nSPS) is 17.7. The molecule has 2 heterocycles. The monoisotopic (exact) mass is 283 g/mol. The number of benzene rings is 1. The number of hydrogen-bond acceptors (Lipinski definition) is 3. The van der Waals surface area contributed by atoms with E-state index in [4.69, 9.17) is 10.7 Å². The van der Waals surface area contributed by atoms with Gasteiger partial charge in [-0.25, -0.2) is 4.98 Å². The molecular formula is C18H25N3. The quantitative estimate of drug-likeness (QED) is 0.937. The highest BCUT2D eigenvalue weighted by atomic mass is 15.2. The highest BCUT2D eigenvalue weighted by Crippen LogP contribution is 2.26. The molecule has 3 rings (SSSR count). The molecule has 3 heteroatoms. The van der Waals surface area contributed by atoms with Crippen LogP contribution in [0.15, 0.2) is 30.3 Å². The van der Waals surface area contributed by atoms with Gasteiger partial charge in [0.1, 0.15) is 5.82 Å². The van der Waals surface area contributed by atoms with Crippen molar-refractivity contribution in [3.05, 3.63) is 35.9 Å². The van der Waals surface area contributed by atoms with Crippen LogP contribution >= 0.6 is 0 Å². The Morgan fingerprint density at radius 1 is 1.14 bits per heavy atom. The van der Waals surface area contributed by atoms with E-state index in [0.717, 1.165) is 30.8 Å². The van der Waals surface area contributed by atoms with Crippen molar-refractivity contribution in [2.45, 2.75) is 45.1 Å². The minimum Gasteiger partial charge on any atom is -0.356 e. The van der Waals surface area contributed by atoms with Crippen LogP contribution in [-0.4, -0.2) is 24.1 Å². The van der Waals surface area contributed by atoms with Gasteiger partial charge in [0, 0.05) is 24.5 Å². The maximum absolute atomic E-state index is 6.05. The Kier molecular flexibility index (Phi) is 4.39. The topological polar surface area (TPSA) is 42.1 Å². The second-order valence-electron chi connectivity index (χ2n) is 6.25. The summed E-state index contributed by atoms with van der Waals surface area (Å²) in [7, 11) is 0. The Bertz CT molecular complexity index is 598. The summed E-state index contributed by atoms with van der Waals surface area (Å²) in [6.45, 7) is 4.32. The lowest BCUT2D eigenvalue weighted by molar-refractivity contribution is 0.721. The van der Waals surface area contributed by atoms with E-state index in [2.05, 4.69) is 42.2 Å². The number of anilines is 1. The summed E-state index contributed by atoms with van der Waals surface area (Å²) in [6, 6.07) is 10.8. The molecule has 21 heavy (non-hydrogen) atoms. The molecule has 0 aliphatic carbocycles. The Morgan fingerprint density at radius 3 is 2.57 bits per heavy atom. The number of para-hydroxylation sites is 1. The third-order valence-corrected chi connectivity index (χ3v) is 4.23. The molecule has 1 saturated heterocycles. The van der Waals surface area contributed by atoms with Crippen LogP contribution < -0.4 is 10.6 Å². The molecule has 1 unspecified atom stereocenters. The molecule has 1 aliphatic heterocycles. The van der Waals surface area contributed by atoms with E-state index in [1.807, 2.05) is 0 Å². The van der Waals surface area contributed by atoms with Gasteiger partial charge in [-0.2, -0.15) is 0 Å². The van der Waals surface area contributed by atoms with Gasteiger partial charge in [0.2, 0.25) is 0 Å². The van der Waals surface area contributed by atoms with E-state index in [0.29, 0.717) is 0 Å². The summed E-state index contributed by atoms with van der Waals surface area (Å²) in [5, 5.41) is 1.21. The molecule has 2 N–H and O–H groups in total. The predicted molar refractivity (Wildman–Crippen MR) is 89.8 cm³/mol. The lowest BCUT2D eigenvalue weighted by atomic mass is 10.0. The first-order valence-corrected chi connectivity index (χ1v) is 8.13. The van der Waals surface area contributed by atoms with Crippen LogP contribution in [0.2, 0.25) is 0 Å². The van der Waals surface area contributed by atoms with Gasteiger partial charge in [-0.1, -0.05) is 31.0 Å². The SMILES string of the molecule is CC(N)Cc1cc2ccccc2nc1N1CCCCCC1. The molecule has 0 spiro atoms. The average Bonchev–Trinajstić information content (AvgIpc) is 2.75. The summed E-state index contributed by atoms with van der Waals surface area (Å²) in [5.41, 5.74) is 8.44. The number of rotatable bonds is 3. The Morgan fingerprint density at radius 2 is 1.86 bits per heavy atom. The van der Waals surface area contributed by atoms with Crippen LogP contribution in [-0.2, 0) is 6.42 Å². The smallest absolute Gasteiger partial charge is 0.132 e. The molecule has 0 radical (unpaired) electrons. The number of fused-ring (bicyclic) bond motifs is 1. The molecular weight excluding hydrogens is 258 g/mol. The van der Waals surface area contributed by atoms with Crippen molar-refractivity contribution < 1.29 is 0 Å². The fraction of sp³-hybridized carbons (Fsp3) is 0.500. The minimum absolute atomic E-state index is 0.165. The van der Waals surface area contributed by atoms with E-state index in [1.165, 1.54) is 36.6 Å². The first kappa shape index (κ1) is 14.3. The average molecular weight is 283 g/mol. The van der Waals surface area contributed by atoms with Crippen LogP contribution in [0.5, 0.6) is 0 Å². The molecule has 1 aromatic carbocycles. The molecule has 1 atom stereocenters. The maximum Gasteiger partial charge on any atom is 0.132 e. The van der Waals surface area contributed by atoms with Crippen molar-refractivity contribution in [3.63, 3.8) is 0 Å². The van der Waals surface area contributed by atoms with Gasteiger partial charge in [-0.3, -0.25) is 0 Å². The minimum atomic E-state index is 0.165. The highest BCUT2D eigenvalue weighted by Gasteiger charge is 2.16. The molecule has 0 bridgehead atoms. The standard InChI is InChI=1S/C18H25N3/c1-14(19)12-16-13-15-8-4-5-9-17(15)20-18(16)21-10-6-2-3-7-11-21/h4-5,8-9,13-14H,2-3,6-7,10-12,19H2,1H3. The van der Waals surface area contributed by atoms with E-state index < -0.39 is 0 Å². The van der Waals surface area contributed by atoms with Gasteiger partial charge < -0.3 is 10.6 Å². The lowest BCUT2D eigenvalue weighted by Crippen LogP contribution is -2.28. The maximum atomic E-state index is 6.05. The molecule has 112 valence electrons. The van der Waals surface area contributed by atoms with E-state index in [-0.39, 0.29) is 6.04 Å². The molecule has 1 aliphatic rings. The van der Waals surface area contributed by atoms with Crippen LogP contribution in [0.1, 0.15) is 38.2 Å². The van der Waals surface area contributed by atoms with Crippen molar-refractivity contribution in [1.29, 1.82) is 0 Å². The first-order chi connectivity index (χ1) is 10.2. The van der Waals surface area contributed by atoms with E-state index in [9.17, 15) is 0 Å². The van der Waals surface area contributed by atoms with Crippen LogP contribution in [0.4, 0.5) is 5.82 Å². The summed E-state index contributed by atoms with van der Waals surface area (Å²) in [6.07, 6.45) is 6.11. The van der Waals surface area contributed by atoms with Crippen molar-refractivity contribution in [2.75, 3.05) is 18.0 Å². The van der Waals surface area contributed by atoms with Gasteiger partial charge in [0.05, 0.1) is 5.52 Å². The largest absolute Gasteiger partial charge is 0.356 e. The highest BCUT2D eigenvalue weighted by molar-refractivity contribution is 5.81. The van der Waals surface area contributed by atoms with Crippen molar-refractivity contribution >= 4 is 16.7 Å². The van der Waals surface area contributed by atoms with E-state index >= 15 is 0 Å². The van der Waals surface area contributed by atoms with E-state index in [1.54, 1.807) is 0 Å². The van der Waals surface area contributed by atoms with Crippen LogP contribution in [0.25, 0.3) is 10.9 Å². The predicted octanol–water partition coefficient (Wildman–Crippen LogP) is 3.50. The van der Waals surface area contributed by atoms with Crippen molar-refractivity contribution in [1.82, 2.24) is 4.98 Å². The number of nitrogens with zero attached hydrogens (tertiary/aromatic N) is 2. The Hall–Kier alpha value is -1.61. The van der Waals surface area contributed by atoms with Gasteiger partial charge in [0.15, 0.2) is 0 Å². The summed E-state index contributed by atoms with van der Waals surface area (Å²) >= 11 is 0. The summed E-state index contributed by atoms with van der Waals surface area (Å²) in [5.74, 6) is 1.16. The molecule has 2 aromatic rings. The zero-order valence-corrected chi connectivity index (χ0v) is 12.9. The fourth-order valence-electron chi connectivity index (χ4n) is 3.20. The van der Waals surface area contributed by atoms with Gasteiger partial charge in [-0.15, -0.1) is 0 Å². The fourth-order valence-corrected chi connectivity index (χ4v) is 3.20. The van der Waals surface area contributed by atoms with Crippen molar-refractivity contribution in [2.24, 2.45) is 5.73 Å². The summed E-state index contributed by atoms with van der Waals surface area (Å²) in [4.78, 5) is 7.43. The number of hydrogen-bond donors (Lipinski definition) is 1. The van der Waals surface area contributed by atoms with Crippen LogP contribution in [0.3, 0.4) is 0 Å². The molecule has 1 fully saturated rings. The summed E-state index contributed by atoms with van der Waals surface area (Å²) < 4.78 is 0. The molecule has 3 nitrogen and oxygen atoms in total. The molecule has 0 saturated carbocycles. The van der Waals surface area contributed by atoms with Gasteiger partial charge >= 0.3 is 0 Å². The third-order valence-electron chi connectivity index (χ3n) is 4.23. The molecule has 1 aromatic heterocycles. The van der Waals surface area contributed by atoms with Crippen LogP contribution in [0, 0.1) is 0 Å². The van der Waals surface area contributed by atoms with Crippen molar-refractivity contribution in [3.8, 4) is 0 Å². The number of pyridine rings is 1. The Balaban J connectivity index is 2.03. The second-order valence-corrected chi connectivity index (χ2v) is 6.25. The molecule has 0 amide bonds. The van der Waals surface area contributed by atoms with Gasteiger partial charge in [0.25, 0.3) is 0 Å². The second kappa shape index (κ2) is 6.44. The lowest BCUT2D eigenvalue weighted by Gasteiger charge is -2.25.